The fourth-order valence-electron chi connectivity index (χ4n) is 4.31. The third kappa shape index (κ3) is 2.89. The number of piperidine rings is 1. The number of carbonyl (C=O) groups excluding carboxylic acids is 1. The summed E-state index contributed by atoms with van der Waals surface area (Å²) in [5.74, 6) is 0.626. The summed E-state index contributed by atoms with van der Waals surface area (Å²) in [5.41, 5.74) is 1.79. The van der Waals surface area contributed by atoms with E-state index in [0.717, 1.165) is 22.6 Å². The molecule has 2 fully saturated rings. The summed E-state index contributed by atoms with van der Waals surface area (Å²) in [4.78, 5) is 14.5. The minimum Gasteiger partial charge on any atom is -0.497 e. The number of aliphatic hydroxyl groups excluding tert-OH is 2. The van der Waals surface area contributed by atoms with Crippen molar-refractivity contribution in [1.82, 2.24) is 4.90 Å². The van der Waals surface area contributed by atoms with Gasteiger partial charge in [-0.15, -0.1) is 0 Å². The van der Waals surface area contributed by atoms with Gasteiger partial charge in [0.05, 0.1) is 43.2 Å². The molecule has 7 heteroatoms. The molecule has 2 aromatic carbocycles. The lowest BCUT2D eigenvalue weighted by Crippen LogP contribution is -2.53. The summed E-state index contributed by atoms with van der Waals surface area (Å²) in [7, 11) is 3.21. The van der Waals surface area contributed by atoms with Crippen LogP contribution in [0, 0.1) is 5.92 Å². The first-order valence-corrected chi connectivity index (χ1v) is 9.99. The quantitative estimate of drug-likeness (QED) is 0.686. The smallest absolute Gasteiger partial charge is 0.230 e. The Morgan fingerprint density at radius 1 is 0.893 bits per heavy atom. The largest absolute Gasteiger partial charge is 0.497 e. The zero-order chi connectivity index (χ0) is 20.0. The standard InChI is InChI=1S/C21H22BrNO5/c1-27-13-7-3-11(4-8-13)17(12-5-9-14(28-2)10-6-12)23-18-16(22)15(21(23)26)19(24)20(18)25/h3-10,15-20,24-25H,1-2H3/t15-,16-,18+,19-,20+/m0/s1. The van der Waals surface area contributed by atoms with E-state index in [1.807, 2.05) is 48.5 Å². The normalized spacial score (nSPS) is 28.9. The highest BCUT2D eigenvalue weighted by molar-refractivity contribution is 9.09. The van der Waals surface area contributed by atoms with E-state index in [1.54, 1.807) is 19.1 Å². The summed E-state index contributed by atoms with van der Waals surface area (Å²) < 4.78 is 10.5. The number of benzene rings is 2. The molecule has 2 N–H and O–H groups in total. The summed E-state index contributed by atoms with van der Waals surface area (Å²) in [5, 5.41) is 20.8. The second kappa shape index (κ2) is 7.39. The van der Waals surface area contributed by atoms with E-state index >= 15 is 0 Å². The van der Waals surface area contributed by atoms with Crippen LogP contribution in [0.2, 0.25) is 0 Å². The third-order valence-electron chi connectivity index (χ3n) is 5.74. The molecular formula is C21H22BrNO5. The molecular weight excluding hydrogens is 426 g/mol. The van der Waals surface area contributed by atoms with Gasteiger partial charge in [-0.2, -0.15) is 0 Å². The number of carbonyl (C=O) groups is 1. The molecule has 0 spiro atoms. The molecule has 5 atom stereocenters. The van der Waals surface area contributed by atoms with E-state index in [4.69, 9.17) is 9.47 Å². The van der Waals surface area contributed by atoms with Gasteiger partial charge in [0.25, 0.3) is 0 Å². The second-order valence-corrected chi connectivity index (χ2v) is 8.19. The number of halogens is 1. The Hall–Kier alpha value is -2.09. The molecule has 28 heavy (non-hydrogen) atoms. The zero-order valence-electron chi connectivity index (χ0n) is 15.5. The van der Waals surface area contributed by atoms with Gasteiger partial charge in [0.2, 0.25) is 5.91 Å². The summed E-state index contributed by atoms with van der Waals surface area (Å²) in [6.45, 7) is 0. The van der Waals surface area contributed by atoms with Crippen LogP contribution in [0.1, 0.15) is 17.2 Å². The van der Waals surface area contributed by atoms with Gasteiger partial charge < -0.3 is 24.6 Å². The highest BCUT2D eigenvalue weighted by Crippen LogP contribution is 2.48. The molecule has 0 aromatic heterocycles. The fraction of sp³-hybridized carbons (Fsp3) is 0.381. The number of hydrogen-bond acceptors (Lipinski definition) is 5. The zero-order valence-corrected chi connectivity index (χ0v) is 17.1. The van der Waals surface area contributed by atoms with Gasteiger partial charge in [-0.25, -0.2) is 0 Å². The van der Waals surface area contributed by atoms with E-state index in [2.05, 4.69) is 15.9 Å². The van der Waals surface area contributed by atoms with Crippen molar-refractivity contribution in [2.24, 2.45) is 5.92 Å². The molecule has 2 aliphatic rings. The molecule has 1 amide bonds. The SMILES string of the molecule is COc1ccc(C(c2ccc(OC)cc2)N2C(=O)[C@@H]3[C@H](O)[C@H](O)[C@H]2[C@H]3Br)cc1. The van der Waals surface area contributed by atoms with E-state index in [-0.39, 0.29) is 10.7 Å². The minimum absolute atomic E-state index is 0.165. The predicted octanol–water partition coefficient (Wildman–Crippen LogP) is 2.12. The minimum atomic E-state index is -1.05. The monoisotopic (exact) mass is 447 g/mol. The lowest BCUT2D eigenvalue weighted by Gasteiger charge is -2.39. The Balaban J connectivity index is 1.79. The maximum absolute atomic E-state index is 13.1. The molecule has 6 nitrogen and oxygen atoms in total. The van der Waals surface area contributed by atoms with Crippen LogP contribution in [0.5, 0.6) is 11.5 Å². The summed E-state index contributed by atoms with van der Waals surface area (Å²) >= 11 is 3.53. The summed E-state index contributed by atoms with van der Waals surface area (Å²) in [6, 6.07) is 14.1. The molecule has 1 heterocycles. The van der Waals surface area contributed by atoms with E-state index in [9.17, 15) is 15.0 Å². The molecule has 4 rings (SSSR count). The summed E-state index contributed by atoms with van der Waals surface area (Å²) in [6.07, 6.45) is -2.04. The van der Waals surface area contributed by atoms with Crippen LogP contribution in [0.15, 0.2) is 48.5 Å². The van der Waals surface area contributed by atoms with Crippen LogP contribution in [-0.2, 0) is 4.79 Å². The Morgan fingerprint density at radius 3 is 1.75 bits per heavy atom. The number of amides is 1. The average molecular weight is 448 g/mol. The molecule has 0 radical (unpaired) electrons. The predicted molar refractivity (Wildman–Crippen MR) is 107 cm³/mol. The van der Waals surface area contributed by atoms with Crippen LogP contribution in [0.3, 0.4) is 0 Å². The highest BCUT2D eigenvalue weighted by atomic mass is 79.9. The van der Waals surface area contributed by atoms with Crippen LogP contribution < -0.4 is 9.47 Å². The van der Waals surface area contributed by atoms with E-state index in [0.29, 0.717) is 0 Å². The lowest BCUT2D eigenvalue weighted by atomic mass is 9.93. The van der Waals surface area contributed by atoms with Gasteiger partial charge in [0.15, 0.2) is 0 Å². The first-order chi connectivity index (χ1) is 13.5. The third-order valence-corrected chi connectivity index (χ3v) is 6.85. The van der Waals surface area contributed by atoms with Crippen molar-refractivity contribution in [3.8, 4) is 11.5 Å². The number of alkyl halides is 1. The van der Waals surface area contributed by atoms with Crippen molar-refractivity contribution in [2.45, 2.75) is 29.1 Å². The molecule has 1 aliphatic carbocycles. The van der Waals surface area contributed by atoms with Crippen molar-refractivity contribution in [3.63, 3.8) is 0 Å². The van der Waals surface area contributed by atoms with Gasteiger partial charge in [-0.05, 0) is 35.4 Å². The fourth-order valence-corrected chi connectivity index (χ4v) is 5.41. The van der Waals surface area contributed by atoms with Gasteiger partial charge >= 0.3 is 0 Å². The number of rotatable bonds is 5. The maximum Gasteiger partial charge on any atom is 0.230 e. The first kappa shape index (κ1) is 19.2. The van der Waals surface area contributed by atoms with E-state index < -0.39 is 30.2 Å². The van der Waals surface area contributed by atoms with Crippen molar-refractivity contribution in [2.75, 3.05) is 14.2 Å². The molecule has 2 aromatic rings. The first-order valence-electron chi connectivity index (χ1n) is 9.08. The Bertz CT molecular complexity index is 809. The number of fused-ring (bicyclic) bond motifs is 2. The Kier molecular flexibility index (Phi) is 5.07. The van der Waals surface area contributed by atoms with Gasteiger partial charge in [-0.3, -0.25) is 4.79 Å². The van der Waals surface area contributed by atoms with Crippen molar-refractivity contribution in [1.29, 1.82) is 0 Å². The van der Waals surface area contributed by atoms with Crippen LogP contribution in [0.25, 0.3) is 0 Å². The van der Waals surface area contributed by atoms with Crippen LogP contribution >= 0.6 is 15.9 Å². The Labute approximate surface area is 171 Å². The number of likely N-dealkylation sites (tertiary alicyclic amines) is 1. The molecule has 1 aliphatic heterocycles. The van der Waals surface area contributed by atoms with Crippen LogP contribution in [0.4, 0.5) is 0 Å². The molecule has 2 bridgehead atoms. The molecule has 1 saturated heterocycles. The average Bonchev–Trinajstić information content (AvgIpc) is 3.10. The number of nitrogens with zero attached hydrogens (tertiary/aromatic N) is 1. The topological polar surface area (TPSA) is 79.2 Å². The number of methoxy groups -OCH3 is 2. The molecule has 148 valence electrons. The highest BCUT2D eigenvalue weighted by Gasteiger charge is 2.63. The maximum atomic E-state index is 13.1. The van der Waals surface area contributed by atoms with Gasteiger partial charge in [0, 0.05) is 0 Å². The molecule has 0 unspecified atom stereocenters. The van der Waals surface area contributed by atoms with Gasteiger partial charge in [-0.1, -0.05) is 40.2 Å². The Morgan fingerprint density at radius 2 is 1.36 bits per heavy atom. The van der Waals surface area contributed by atoms with E-state index in [1.165, 1.54) is 0 Å². The molecule has 1 saturated carbocycles. The lowest BCUT2D eigenvalue weighted by molar-refractivity contribution is -0.148. The number of hydrogen-bond donors (Lipinski definition) is 2. The van der Waals surface area contributed by atoms with Crippen molar-refractivity contribution in [3.05, 3.63) is 59.7 Å². The second-order valence-electron chi connectivity index (χ2n) is 7.14. The van der Waals surface area contributed by atoms with Crippen molar-refractivity contribution >= 4 is 21.8 Å². The van der Waals surface area contributed by atoms with Crippen LogP contribution in [-0.4, -0.2) is 58.3 Å². The van der Waals surface area contributed by atoms with Crippen molar-refractivity contribution < 1.29 is 24.5 Å². The number of ether oxygens (including phenoxy) is 2. The number of aliphatic hydroxyl groups is 2. The van der Waals surface area contributed by atoms with Gasteiger partial charge in [0.1, 0.15) is 17.6 Å².